The first-order valence-electron chi connectivity index (χ1n) is 9.63. The van der Waals surface area contributed by atoms with Gasteiger partial charge in [-0.2, -0.15) is 10.1 Å². The maximum atomic E-state index is 13.3. The zero-order valence-electron chi connectivity index (χ0n) is 15.9. The van der Waals surface area contributed by atoms with E-state index >= 15 is 0 Å². The first-order chi connectivity index (χ1) is 14.6. The summed E-state index contributed by atoms with van der Waals surface area (Å²) in [4.78, 5) is 45.7. The monoisotopic (exact) mass is 402 g/mol. The molecule has 0 saturated carbocycles. The highest BCUT2D eigenvalue weighted by molar-refractivity contribution is 6.16. The fraction of sp³-hybridized carbons (Fsp3) is 0.190. The van der Waals surface area contributed by atoms with Crippen LogP contribution in [0.1, 0.15) is 45.3 Å². The lowest BCUT2D eigenvalue weighted by Crippen LogP contribution is -2.48. The molecule has 2 N–H and O–H groups in total. The Labute approximate surface area is 171 Å². The van der Waals surface area contributed by atoms with Crippen molar-refractivity contribution < 1.29 is 14.4 Å². The topological polar surface area (TPSA) is 111 Å². The fourth-order valence-corrected chi connectivity index (χ4v) is 4.07. The summed E-state index contributed by atoms with van der Waals surface area (Å²) in [6.45, 7) is 0.333. The highest BCUT2D eigenvalue weighted by atomic mass is 16.2. The second-order valence-electron chi connectivity index (χ2n) is 7.14. The van der Waals surface area contributed by atoms with E-state index in [0.29, 0.717) is 29.8 Å². The molecule has 3 amide bonds. The maximum Gasteiger partial charge on any atom is 0.260 e. The van der Waals surface area contributed by atoms with Gasteiger partial charge in [-0.15, -0.1) is 0 Å². The summed E-state index contributed by atoms with van der Waals surface area (Å²) in [6.07, 6.45) is 1.44. The molecule has 3 aromatic rings. The molecule has 150 valence electrons. The van der Waals surface area contributed by atoms with Crippen molar-refractivity contribution in [3.05, 3.63) is 71.5 Å². The van der Waals surface area contributed by atoms with E-state index in [1.54, 1.807) is 34.1 Å². The van der Waals surface area contributed by atoms with Crippen LogP contribution in [0.5, 0.6) is 0 Å². The Balaban J connectivity index is 1.41. The van der Waals surface area contributed by atoms with Crippen molar-refractivity contribution in [2.75, 3.05) is 16.8 Å². The Hall–Kier alpha value is -4.01. The third-order valence-electron chi connectivity index (χ3n) is 5.36. The van der Waals surface area contributed by atoms with Gasteiger partial charge in [-0.25, -0.2) is 5.10 Å². The minimum Gasteiger partial charge on any atom is -0.313 e. The van der Waals surface area contributed by atoms with Crippen LogP contribution >= 0.6 is 0 Å². The molecule has 1 atom stereocenters. The van der Waals surface area contributed by atoms with Gasteiger partial charge in [0.05, 0.1) is 11.3 Å². The maximum absolute atomic E-state index is 13.3. The number of anilines is 2. The predicted molar refractivity (Wildman–Crippen MR) is 108 cm³/mol. The number of fused-ring (bicyclic) bond motifs is 5. The molecule has 0 unspecified atom stereocenters. The molecule has 0 bridgehead atoms. The lowest BCUT2D eigenvalue weighted by molar-refractivity contribution is -0.116. The van der Waals surface area contributed by atoms with Crippen LogP contribution in [0.2, 0.25) is 0 Å². The molecular weight excluding hydrogens is 384 g/mol. The van der Waals surface area contributed by atoms with Gasteiger partial charge in [0, 0.05) is 24.1 Å². The Morgan fingerprint density at radius 3 is 2.60 bits per heavy atom. The second-order valence-corrected chi connectivity index (χ2v) is 7.14. The predicted octanol–water partition coefficient (Wildman–Crippen LogP) is 2.34. The van der Waals surface area contributed by atoms with Crippen molar-refractivity contribution in [1.82, 2.24) is 20.1 Å². The molecule has 0 aliphatic carbocycles. The molecule has 30 heavy (non-hydrogen) atoms. The Morgan fingerprint density at radius 1 is 1.03 bits per heavy atom. The molecular formula is C21H18N6O3. The Bertz CT molecular complexity index is 1140. The van der Waals surface area contributed by atoms with Crippen LogP contribution in [0.3, 0.4) is 0 Å². The van der Waals surface area contributed by atoms with Gasteiger partial charge in [0.25, 0.3) is 11.8 Å². The van der Waals surface area contributed by atoms with Gasteiger partial charge in [-0.05, 0) is 24.6 Å². The summed E-state index contributed by atoms with van der Waals surface area (Å²) < 4.78 is 0. The zero-order valence-corrected chi connectivity index (χ0v) is 15.9. The molecule has 0 radical (unpaired) electrons. The second kappa shape index (κ2) is 7.11. The van der Waals surface area contributed by atoms with Crippen LogP contribution in [-0.4, -0.2) is 44.3 Å². The van der Waals surface area contributed by atoms with Crippen LogP contribution in [0.15, 0.2) is 54.9 Å². The molecule has 2 aliphatic rings. The highest BCUT2D eigenvalue weighted by Gasteiger charge is 2.47. The van der Waals surface area contributed by atoms with E-state index in [1.165, 1.54) is 6.33 Å². The number of hydrogen-bond acceptors (Lipinski definition) is 5. The summed E-state index contributed by atoms with van der Waals surface area (Å²) in [5.41, 5.74) is 2.51. The van der Waals surface area contributed by atoms with E-state index in [0.717, 1.165) is 5.56 Å². The lowest BCUT2D eigenvalue weighted by atomic mass is 10.0. The standard InChI is InChI=1S/C21H18N6O3/c28-17(24-21-22-12-23-25-21)10-5-11-26-18-13-6-1-2-7-14(13)20(30)27(18)16-9-4-3-8-15(16)19(26)29/h1-4,6-9,12,18H,5,10-11H2,(H2,22,23,24,25,28)/t18-/m1/s1. The molecule has 9 nitrogen and oxygen atoms in total. The fourth-order valence-electron chi connectivity index (χ4n) is 4.07. The Morgan fingerprint density at radius 2 is 1.80 bits per heavy atom. The molecule has 0 saturated heterocycles. The third kappa shape index (κ3) is 2.83. The van der Waals surface area contributed by atoms with Gasteiger partial charge in [0.2, 0.25) is 11.9 Å². The highest BCUT2D eigenvalue weighted by Crippen LogP contribution is 2.45. The average molecular weight is 402 g/mol. The van der Waals surface area contributed by atoms with Gasteiger partial charge in [0.15, 0.2) is 0 Å². The van der Waals surface area contributed by atoms with Gasteiger partial charge in [-0.3, -0.25) is 24.6 Å². The van der Waals surface area contributed by atoms with E-state index in [2.05, 4.69) is 20.5 Å². The number of aromatic amines is 1. The van der Waals surface area contributed by atoms with Crippen molar-refractivity contribution in [2.24, 2.45) is 0 Å². The number of H-pyrrole nitrogens is 1. The van der Waals surface area contributed by atoms with Crippen molar-refractivity contribution in [3.8, 4) is 0 Å². The zero-order chi connectivity index (χ0) is 20.7. The van der Waals surface area contributed by atoms with E-state index in [9.17, 15) is 14.4 Å². The number of carbonyl (C=O) groups is 3. The van der Waals surface area contributed by atoms with Gasteiger partial charge in [0.1, 0.15) is 12.5 Å². The number of nitrogens with one attached hydrogen (secondary N) is 2. The largest absolute Gasteiger partial charge is 0.313 e. The summed E-state index contributed by atoms with van der Waals surface area (Å²) in [5.74, 6) is -0.212. The first kappa shape index (κ1) is 18.0. The molecule has 9 heteroatoms. The smallest absolute Gasteiger partial charge is 0.260 e. The molecule has 1 aromatic heterocycles. The van der Waals surface area contributed by atoms with Crippen LogP contribution < -0.4 is 10.2 Å². The molecule has 2 aliphatic heterocycles. The number of benzene rings is 2. The minimum atomic E-state index is -0.506. The van der Waals surface area contributed by atoms with Gasteiger partial charge >= 0.3 is 0 Å². The summed E-state index contributed by atoms with van der Waals surface area (Å²) >= 11 is 0. The van der Waals surface area contributed by atoms with E-state index in [-0.39, 0.29) is 30.1 Å². The number of amides is 3. The molecule has 5 rings (SSSR count). The number of para-hydroxylation sites is 1. The van der Waals surface area contributed by atoms with Crippen LogP contribution in [0.4, 0.5) is 11.6 Å². The molecule has 2 aromatic carbocycles. The number of carbonyl (C=O) groups excluding carboxylic acids is 3. The number of rotatable bonds is 5. The normalized spacial score (nSPS) is 16.9. The molecule has 0 spiro atoms. The van der Waals surface area contributed by atoms with Crippen molar-refractivity contribution >= 4 is 29.4 Å². The van der Waals surface area contributed by atoms with Crippen molar-refractivity contribution in [2.45, 2.75) is 19.0 Å². The first-order valence-corrected chi connectivity index (χ1v) is 9.63. The quantitative estimate of drug-likeness (QED) is 0.680. The van der Waals surface area contributed by atoms with Crippen LogP contribution in [0.25, 0.3) is 0 Å². The summed E-state index contributed by atoms with van der Waals surface area (Å²) in [6, 6.07) is 14.5. The lowest BCUT2D eigenvalue weighted by Gasteiger charge is -2.41. The minimum absolute atomic E-state index is 0.122. The van der Waals surface area contributed by atoms with E-state index in [4.69, 9.17) is 0 Å². The van der Waals surface area contributed by atoms with Crippen molar-refractivity contribution in [1.29, 1.82) is 0 Å². The summed E-state index contributed by atoms with van der Waals surface area (Å²) in [5, 5.41) is 8.87. The third-order valence-corrected chi connectivity index (χ3v) is 5.36. The SMILES string of the molecule is O=C(CCCN1C(=O)c2ccccc2N2C(=O)c3ccccc3[C@H]12)Nc1ncn[nH]1. The Kier molecular flexibility index (Phi) is 4.27. The van der Waals surface area contributed by atoms with Gasteiger partial charge < -0.3 is 4.90 Å². The number of hydrogen-bond donors (Lipinski definition) is 2. The van der Waals surface area contributed by atoms with Crippen LogP contribution in [-0.2, 0) is 4.79 Å². The van der Waals surface area contributed by atoms with E-state index < -0.39 is 6.17 Å². The molecule has 0 fully saturated rings. The van der Waals surface area contributed by atoms with E-state index in [1.807, 2.05) is 24.3 Å². The summed E-state index contributed by atoms with van der Waals surface area (Å²) in [7, 11) is 0. The average Bonchev–Trinajstić information content (AvgIpc) is 3.37. The van der Waals surface area contributed by atoms with Gasteiger partial charge in [-0.1, -0.05) is 30.3 Å². The van der Waals surface area contributed by atoms with Crippen LogP contribution in [0, 0.1) is 0 Å². The van der Waals surface area contributed by atoms with Crippen molar-refractivity contribution in [3.63, 3.8) is 0 Å². The number of aromatic nitrogens is 3. The number of nitrogens with zero attached hydrogens (tertiary/aromatic N) is 4. The molecule has 3 heterocycles.